The van der Waals surface area contributed by atoms with Crippen LogP contribution < -0.4 is 0 Å². The second-order valence-corrected chi connectivity index (χ2v) is 5.54. The van der Waals surface area contributed by atoms with Crippen LogP contribution in [0.2, 0.25) is 5.02 Å². The van der Waals surface area contributed by atoms with Crippen molar-refractivity contribution in [3.8, 4) is 0 Å². The molecule has 3 atom stereocenters. The molecule has 0 radical (unpaired) electrons. The topological polar surface area (TPSA) is 3.24 Å². The third kappa shape index (κ3) is 2.26. The summed E-state index contributed by atoms with van der Waals surface area (Å²) in [6, 6.07) is 9.04. The first-order chi connectivity index (χ1) is 7.59. The summed E-state index contributed by atoms with van der Waals surface area (Å²) in [5, 5.41) is 0.834. The van der Waals surface area contributed by atoms with Crippen LogP contribution in [-0.2, 0) is 0 Å². The van der Waals surface area contributed by atoms with Gasteiger partial charge in [0, 0.05) is 11.1 Å². The molecule has 0 aromatic heterocycles. The third-order valence-electron chi connectivity index (χ3n) is 4.06. The maximum absolute atomic E-state index is 5.92. The molecule has 1 nitrogen and oxygen atoms in total. The number of benzene rings is 1. The van der Waals surface area contributed by atoms with Crippen LogP contribution in [0.15, 0.2) is 24.3 Å². The summed E-state index contributed by atoms with van der Waals surface area (Å²) in [6.45, 7) is 2.33. The van der Waals surface area contributed by atoms with Crippen LogP contribution in [0.1, 0.15) is 31.2 Å². The van der Waals surface area contributed by atoms with Crippen LogP contribution in [0.4, 0.5) is 0 Å². The zero-order valence-electron chi connectivity index (χ0n) is 10.3. The molecule has 1 saturated carbocycles. The monoisotopic (exact) mass is 237 g/mol. The molecule has 1 aromatic carbocycles. The fraction of sp³-hybridized carbons (Fsp3) is 0.571. The predicted octanol–water partition coefficient (Wildman–Crippen LogP) is 3.78. The number of hydrogen-bond donors (Lipinski definition) is 0. The van der Waals surface area contributed by atoms with E-state index in [0.717, 1.165) is 16.9 Å². The molecular weight excluding hydrogens is 218 g/mol. The van der Waals surface area contributed by atoms with Gasteiger partial charge in [0.15, 0.2) is 0 Å². The molecule has 2 rings (SSSR count). The smallest absolute Gasteiger partial charge is 0.0406 e. The Morgan fingerprint density at radius 3 is 2.25 bits per heavy atom. The molecule has 1 fully saturated rings. The number of rotatable bonds is 3. The summed E-state index contributed by atoms with van der Waals surface area (Å²) >= 11 is 5.92. The van der Waals surface area contributed by atoms with Crippen LogP contribution in [0.5, 0.6) is 0 Å². The highest BCUT2D eigenvalue weighted by Gasteiger charge is 2.36. The molecule has 0 spiro atoms. The molecule has 0 heterocycles. The van der Waals surface area contributed by atoms with Crippen LogP contribution in [0.25, 0.3) is 0 Å². The lowest BCUT2D eigenvalue weighted by molar-refractivity contribution is 0.126. The zero-order chi connectivity index (χ0) is 11.7. The molecule has 16 heavy (non-hydrogen) atoms. The molecule has 0 N–H and O–H groups in total. The minimum Gasteiger partial charge on any atom is -0.306 e. The van der Waals surface area contributed by atoms with E-state index in [2.05, 4.69) is 38.1 Å². The Morgan fingerprint density at radius 2 is 1.81 bits per heavy atom. The van der Waals surface area contributed by atoms with Gasteiger partial charge in [-0.25, -0.2) is 0 Å². The number of halogens is 1. The van der Waals surface area contributed by atoms with Gasteiger partial charge in [-0.15, -0.1) is 0 Å². The standard InChI is InChI=1S/C14H20ClN/c1-10(16(2)3)13-8-9-14(13)11-4-6-12(15)7-5-11/h4-7,10,13-14H,8-9H2,1-3H3. The van der Waals surface area contributed by atoms with Gasteiger partial charge < -0.3 is 4.90 Å². The van der Waals surface area contributed by atoms with E-state index >= 15 is 0 Å². The van der Waals surface area contributed by atoms with Gasteiger partial charge in [0.25, 0.3) is 0 Å². The second kappa shape index (κ2) is 4.77. The van der Waals surface area contributed by atoms with Crippen molar-refractivity contribution in [2.45, 2.75) is 31.7 Å². The van der Waals surface area contributed by atoms with Crippen LogP contribution in [-0.4, -0.2) is 25.0 Å². The van der Waals surface area contributed by atoms with E-state index in [0.29, 0.717) is 6.04 Å². The second-order valence-electron chi connectivity index (χ2n) is 5.10. The summed E-state index contributed by atoms with van der Waals surface area (Å²) in [5.41, 5.74) is 1.45. The molecule has 1 aromatic rings. The van der Waals surface area contributed by atoms with Gasteiger partial charge in [-0.1, -0.05) is 23.7 Å². The van der Waals surface area contributed by atoms with Crippen molar-refractivity contribution in [1.29, 1.82) is 0 Å². The number of hydrogen-bond acceptors (Lipinski definition) is 1. The van der Waals surface area contributed by atoms with Crippen molar-refractivity contribution in [1.82, 2.24) is 4.90 Å². The molecule has 0 amide bonds. The summed E-state index contributed by atoms with van der Waals surface area (Å²) in [7, 11) is 4.34. The summed E-state index contributed by atoms with van der Waals surface area (Å²) in [5.74, 6) is 1.53. The molecule has 0 saturated heterocycles. The Labute approximate surface area is 103 Å². The highest BCUT2D eigenvalue weighted by atomic mass is 35.5. The van der Waals surface area contributed by atoms with E-state index in [1.165, 1.54) is 18.4 Å². The Kier molecular flexibility index (Phi) is 3.56. The SMILES string of the molecule is CC(C1CCC1c1ccc(Cl)cc1)N(C)C. The highest BCUT2D eigenvalue weighted by molar-refractivity contribution is 6.30. The highest BCUT2D eigenvalue weighted by Crippen LogP contribution is 2.45. The largest absolute Gasteiger partial charge is 0.306 e. The van der Waals surface area contributed by atoms with Crippen molar-refractivity contribution in [3.05, 3.63) is 34.9 Å². The normalized spacial score (nSPS) is 26.6. The van der Waals surface area contributed by atoms with E-state index < -0.39 is 0 Å². The molecule has 0 bridgehead atoms. The Balaban J connectivity index is 2.08. The summed E-state index contributed by atoms with van der Waals surface area (Å²) in [4.78, 5) is 2.33. The van der Waals surface area contributed by atoms with Crippen molar-refractivity contribution in [3.63, 3.8) is 0 Å². The lowest BCUT2D eigenvalue weighted by Gasteiger charge is -2.43. The van der Waals surface area contributed by atoms with Crippen molar-refractivity contribution < 1.29 is 0 Å². The van der Waals surface area contributed by atoms with Gasteiger partial charge in [0.05, 0.1) is 0 Å². The summed E-state index contributed by atoms with van der Waals surface area (Å²) < 4.78 is 0. The Morgan fingerprint density at radius 1 is 1.19 bits per heavy atom. The first-order valence-electron chi connectivity index (χ1n) is 6.01. The molecule has 88 valence electrons. The summed E-state index contributed by atoms with van der Waals surface area (Å²) in [6.07, 6.45) is 2.68. The van der Waals surface area contributed by atoms with Gasteiger partial charge in [-0.05, 0) is 63.4 Å². The first kappa shape index (κ1) is 11.9. The molecule has 3 unspecified atom stereocenters. The lowest BCUT2D eigenvalue weighted by Crippen LogP contribution is -2.40. The van der Waals surface area contributed by atoms with Gasteiger partial charge in [0.1, 0.15) is 0 Å². The maximum atomic E-state index is 5.92. The fourth-order valence-corrected chi connectivity index (χ4v) is 2.74. The van der Waals surface area contributed by atoms with E-state index in [1.54, 1.807) is 0 Å². The Hall–Kier alpha value is -0.530. The van der Waals surface area contributed by atoms with E-state index in [4.69, 9.17) is 11.6 Å². The zero-order valence-corrected chi connectivity index (χ0v) is 11.0. The van der Waals surface area contributed by atoms with Gasteiger partial charge >= 0.3 is 0 Å². The van der Waals surface area contributed by atoms with Crippen molar-refractivity contribution in [2.75, 3.05) is 14.1 Å². The minimum absolute atomic E-state index is 0.662. The first-order valence-corrected chi connectivity index (χ1v) is 6.39. The quantitative estimate of drug-likeness (QED) is 0.773. The van der Waals surface area contributed by atoms with Crippen molar-refractivity contribution in [2.24, 2.45) is 5.92 Å². The van der Waals surface area contributed by atoms with E-state index in [-0.39, 0.29) is 0 Å². The number of nitrogens with zero attached hydrogens (tertiary/aromatic N) is 1. The minimum atomic E-state index is 0.662. The fourth-order valence-electron chi connectivity index (χ4n) is 2.61. The Bertz CT molecular complexity index is 344. The van der Waals surface area contributed by atoms with Crippen LogP contribution in [0, 0.1) is 5.92 Å². The van der Waals surface area contributed by atoms with Crippen LogP contribution >= 0.6 is 11.6 Å². The average molecular weight is 238 g/mol. The molecule has 2 heteroatoms. The molecule has 1 aliphatic carbocycles. The van der Waals surface area contributed by atoms with E-state index in [1.807, 2.05) is 12.1 Å². The molecule has 1 aliphatic rings. The molecule has 0 aliphatic heterocycles. The van der Waals surface area contributed by atoms with Gasteiger partial charge in [-0.2, -0.15) is 0 Å². The molecular formula is C14H20ClN. The average Bonchev–Trinajstić information content (AvgIpc) is 2.19. The lowest BCUT2D eigenvalue weighted by atomic mass is 9.67. The maximum Gasteiger partial charge on any atom is 0.0406 e. The van der Waals surface area contributed by atoms with Gasteiger partial charge in [0.2, 0.25) is 0 Å². The van der Waals surface area contributed by atoms with Crippen LogP contribution in [0.3, 0.4) is 0 Å². The predicted molar refractivity (Wildman–Crippen MR) is 70.1 cm³/mol. The van der Waals surface area contributed by atoms with Gasteiger partial charge in [-0.3, -0.25) is 0 Å². The third-order valence-corrected chi connectivity index (χ3v) is 4.31. The van der Waals surface area contributed by atoms with E-state index in [9.17, 15) is 0 Å². The van der Waals surface area contributed by atoms with Crippen molar-refractivity contribution >= 4 is 11.6 Å².